The molecule has 0 saturated carbocycles. The van der Waals surface area contributed by atoms with Crippen molar-refractivity contribution in [3.05, 3.63) is 69.3 Å². The highest BCUT2D eigenvalue weighted by atomic mass is 16.6. The van der Waals surface area contributed by atoms with E-state index in [4.69, 9.17) is 0 Å². The zero-order valence-electron chi connectivity index (χ0n) is 16.0. The van der Waals surface area contributed by atoms with Gasteiger partial charge in [0.2, 0.25) is 5.91 Å². The number of nitro benzene ring substituents is 1. The number of fused-ring (bicyclic) bond motifs is 1. The van der Waals surface area contributed by atoms with E-state index in [1.54, 1.807) is 18.2 Å². The average molecular weight is 410 g/mol. The number of carbonyl (C=O) groups is 4. The van der Waals surface area contributed by atoms with Crippen LogP contribution in [0.25, 0.3) is 0 Å². The number of nitrogens with zero attached hydrogens (tertiary/aromatic N) is 2. The summed E-state index contributed by atoms with van der Waals surface area (Å²) in [5.41, 5.74) is -0.268. The molecular formula is C20H18N4O6. The van der Waals surface area contributed by atoms with Gasteiger partial charge in [0.05, 0.1) is 10.5 Å². The molecule has 30 heavy (non-hydrogen) atoms. The van der Waals surface area contributed by atoms with E-state index >= 15 is 0 Å². The summed E-state index contributed by atoms with van der Waals surface area (Å²) in [5.74, 6) is -2.65. The minimum absolute atomic E-state index is 0.114. The normalized spacial score (nSPS) is 12.5. The topological polar surface area (TPSA) is 139 Å². The second-order valence-electron chi connectivity index (χ2n) is 6.54. The van der Waals surface area contributed by atoms with E-state index in [-0.39, 0.29) is 17.0 Å². The van der Waals surface area contributed by atoms with Crippen LogP contribution in [0.1, 0.15) is 44.4 Å². The average Bonchev–Trinajstić information content (AvgIpc) is 2.97. The third kappa shape index (κ3) is 4.02. The molecule has 154 valence electrons. The minimum Gasteiger partial charge on any atom is -0.352 e. The molecule has 0 saturated heterocycles. The lowest BCUT2D eigenvalue weighted by Crippen LogP contribution is -2.37. The molecule has 10 heteroatoms. The molecule has 10 nitrogen and oxygen atoms in total. The minimum atomic E-state index is -0.898. The summed E-state index contributed by atoms with van der Waals surface area (Å²) in [5, 5.41) is 16.4. The summed E-state index contributed by atoms with van der Waals surface area (Å²) in [6.07, 6.45) is 0.778. The second kappa shape index (κ2) is 8.52. The maximum absolute atomic E-state index is 12.5. The first-order chi connectivity index (χ1) is 14.3. The second-order valence-corrected chi connectivity index (χ2v) is 6.54. The van der Waals surface area contributed by atoms with Crippen molar-refractivity contribution in [2.75, 3.05) is 18.4 Å². The van der Waals surface area contributed by atoms with Crippen molar-refractivity contribution >= 4 is 35.0 Å². The quantitative estimate of drug-likeness (QED) is 0.406. The maximum Gasteiger partial charge on any atom is 0.282 e. The molecule has 0 unspecified atom stereocenters. The predicted molar refractivity (Wildman–Crippen MR) is 106 cm³/mol. The first-order valence-electron chi connectivity index (χ1n) is 9.15. The fraction of sp³-hybridized carbons (Fsp3) is 0.200. The van der Waals surface area contributed by atoms with Crippen LogP contribution >= 0.6 is 0 Å². The van der Waals surface area contributed by atoms with Gasteiger partial charge in [0.25, 0.3) is 23.4 Å². The molecule has 0 radical (unpaired) electrons. The molecule has 0 atom stereocenters. The first kappa shape index (κ1) is 20.6. The van der Waals surface area contributed by atoms with Crippen LogP contribution in [0.15, 0.2) is 42.5 Å². The number of anilines is 1. The zero-order valence-corrected chi connectivity index (χ0v) is 16.0. The highest BCUT2D eigenvalue weighted by molar-refractivity contribution is 6.24. The Bertz CT molecular complexity index is 1070. The molecule has 3 rings (SSSR count). The third-order valence-electron chi connectivity index (χ3n) is 4.42. The summed E-state index contributed by atoms with van der Waals surface area (Å²) in [6.45, 7) is 1.82. The number of hydrogen-bond acceptors (Lipinski definition) is 6. The van der Waals surface area contributed by atoms with Crippen molar-refractivity contribution in [2.24, 2.45) is 0 Å². The summed E-state index contributed by atoms with van der Waals surface area (Å²) in [7, 11) is 0. The van der Waals surface area contributed by atoms with Gasteiger partial charge in [0.1, 0.15) is 12.1 Å². The van der Waals surface area contributed by atoms with Gasteiger partial charge in [-0.1, -0.05) is 19.1 Å². The standard InChI is InChI=1S/C20H18N4O6/c1-2-9-21-18(26)12-5-3-6-13(10-12)22-16(25)11-23-19(27)14-7-4-8-15(24(29)30)17(14)20(23)28/h3-8,10H,2,9,11H2,1H3,(H,21,26)(H,22,25). The maximum atomic E-state index is 12.5. The largest absolute Gasteiger partial charge is 0.352 e. The third-order valence-corrected chi connectivity index (χ3v) is 4.42. The molecule has 2 aromatic carbocycles. The Morgan fingerprint density at radius 3 is 2.53 bits per heavy atom. The molecule has 0 fully saturated rings. The van der Waals surface area contributed by atoms with Crippen LogP contribution < -0.4 is 10.6 Å². The van der Waals surface area contributed by atoms with Gasteiger partial charge in [-0.3, -0.25) is 34.2 Å². The predicted octanol–water partition coefficient (Wildman–Crippen LogP) is 1.97. The van der Waals surface area contributed by atoms with Crippen molar-refractivity contribution in [1.82, 2.24) is 10.2 Å². The van der Waals surface area contributed by atoms with E-state index in [2.05, 4.69) is 10.6 Å². The summed E-state index contributed by atoms with van der Waals surface area (Å²) >= 11 is 0. The Kier molecular flexibility index (Phi) is 5.86. The molecule has 0 spiro atoms. The molecule has 0 bridgehead atoms. The molecule has 1 aliphatic rings. The number of amides is 4. The lowest BCUT2D eigenvalue weighted by Gasteiger charge is -2.14. The van der Waals surface area contributed by atoms with E-state index in [0.29, 0.717) is 22.7 Å². The van der Waals surface area contributed by atoms with E-state index < -0.39 is 34.9 Å². The van der Waals surface area contributed by atoms with Crippen molar-refractivity contribution in [2.45, 2.75) is 13.3 Å². The van der Waals surface area contributed by atoms with Gasteiger partial charge >= 0.3 is 0 Å². The van der Waals surface area contributed by atoms with Crippen molar-refractivity contribution < 1.29 is 24.1 Å². The fourth-order valence-electron chi connectivity index (χ4n) is 3.03. The van der Waals surface area contributed by atoms with Crippen LogP contribution in [0.3, 0.4) is 0 Å². The summed E-state index contributed by atoms with van der Waals surface area (Å²) in [4.78, 5) is 60.5. The lowest BCUT2D eigenvalue weighted by molar-refractivity contribution is -0.385. The van der Waals surface area contributed by atoms with Crippen LogP contribution in [0, 0.1) is 10.1 Å². The number of carbonyl (C=O) groups excluding carboxylic acids is 4. The molecule has 0 aromatic heterocycles. The number of rotatable bonds is 7. The van der Waals surface area contributed by atoms with E-state index in [1.807, 2.05) is 6.92 Å². The van der Waals surface area contributed by atoms with Crippen molar-refractivity contribution in [1.29, 1.82) is 0 Å². The number of nitro groups is 1. The van der Waals surface area contributed by atoms with Crippen LogP contribution in [-0.4, -0.2) is 46.5 Å². The SMILES string of the molecule is CCCNC(=O)c1cccc(NC(=O)CN2C(=O)c3cccc([N+](=O)[O-])c3C2=O)c1. The Morgan fingerprint density at radius 2 is 1.83 bits per heavy atom. The molecule has 1 aliphatic heterocycles. The fourth-order valence-corrected chi connectivity index (χ4v) is 3.03. The number of benzene rings is 2. The molecule has 0 aliphatic carbocycles. The lowest BCUT2D eigenvalue weighted by atomic mass is 10.1. The van der Waals surface area contributed by atoms with Gasteiger partial charge < -0.3 is 10.6 Å². The smallest absolute Gasteiger partial charge is 0.282 e. The Hall–Kier alpha value is -4.08. The molecule has 1 heterocycles. The van der Waals surface area contributed by atoms with Gasteiger partial charge in [0, 0.05) is 23.9 Å². The van der Waals surface area contributed by atoms with Gasteiger partial charge in [-0.05, 0) is 30.7 Å². The van der Waals surface area contributed by atoms with Gasteiger partial charge in [-0.2, -0.15) is 0 Å². The van der Waals surface area contributed by atoms with Crippen molar-refractivity contribution in [3.63, 3.8) is 0 Å². The van der Waals surface area contributed by atoms with Crippen LogP contribution in [0.5, 0.6) is 0 Å². The Morgan fingerprint density at radius 1 is 1.10 bits per heavy atom. The van der Waals surface area contributed by atoms with Gasteiger partial charge in [-0.15, -0.1) is 0 Å². The molecule has 2 aromatic rings. The Labute approximate surface area is 171 Å². The van der Waals surface area contributed by atoms with Crippen LogP contribution in [0.2, 0.25) is 0 Å². The van der Waals surface area contributed by atoms with Crippen LogP contribution in [-0.2, 0) is 4.79 Å². The van der Waals surface area contributed by atoms with Crippen molar-refractivity contribution in [3.8, 4) is 0 Å². The van der Waals surface area contributed by atoms with E-state index in [9.17, 15) is 29.3 Å². The number of hydrogen-bond donors (Lipinski definition) is 2. The number of nitrogens with one attached hydrogen (secondary N) is 2. The summed E-state index contributed by atoms with van der Waals surface area (Å²) < 4.78 is 0. The Balaban J connectivity index is 1.72. The van der Waals surface area contributed by atoms with Crippen LogP contribution in [0.4, 0.5) is 11.4 Å². The highest BCUT2D eigenvalue weighted by Crippen LogP contribution is 2.30. The van der Waals surface area contributed by atoms with E-state index in [0.717, 1.165) is 12.5 Å². The first-order valence-corrected chi connectivity index (χ1v) is 9.15. The molecule has 4 amide bonds. The van der Waals surface area contributed by atoms with Gasteiger partial charge in [-0.25, -0.2) is 0 Å². The summed E-state index contributed by atoms with van der Waals surface area (Å²) in [6, 6.07) is 9.94. The van der Waals surface area contributed by atoms with Gasteiger partial charge in [0.15, 0.2) is 0 Å². The van der Waals surface area contributed by atoms with E-state index in [1.165, 1.54) is 18.2 Å². The highest BCUT2D eigenvalue weighted by Gasteiger charge is 2.41. The monoisotopic (exact) mass is 410 g/mol. The molecular weight excluding hydrogens is 392 g/mol. The molecule has 2 N–H and O–H groups in total. The zero-order chi connectivity index (χ0) is 21.8. The number of imide groups is 1.